The minimum atomic E-state index is -0.180. The molecular formula is C16H18N2O2. The molecule has 2 rings (SSSR count). The fourth-order valence-electron chi connectivity index (χ4n) is 1.96. The van der Waals surface area contributed by atoms with Crippen LogP contribution in [0.5, 0.6) is 0 Å². The Morgan fingerprint density at radius 3 is 2.40 bits per heavy atom. The highest BCUT2D eigenvalue weighted by Gasteiger charge is 2.13. The Hall–Kier alpha value is -2.36. The molecule has 1 aromatic carbocycles. The Morgan fingerprint density at radius 2 is 1.85 bits per heavy atom. The van der Waals surface area contributed by atoms with Gasteiger partial charge in [-0.15, -0.1) is 0 Å². The summed E-state index contributed by atoms with van der Waals surface area (Å²) in [6, 6.07) is 9.62. The molecule has 0 atom stereocenters. The van der Waals surface area contributed by atoms with Gasteiger partial charge in [0, 0.05) is 25.4 Å². The van der Waals surface area contributed by atoms with Crippen molar-refractivity contribution in [3.63, 3.8) is 0 Å². The Kier molecular flexibility index (Phi) is 4.03. The first kappa shape index (κ1) is 14.1. The Morgan fingerprint density at radius 1 is 1.20 bits per heavy atom. The summed E-state index contributed by atoms with van der Waals surface area (Å²) >= 11 is 0. The number of nitrogens with zero attached hydrogens (tertiary/aromatic N) is 1. The molecule has 2 aromatic rings. The zero-order valence-electron chi connectivity index (χ0n) is 11.9. The number of nitrogens with one attached hydrogen (secondary N) is 1. The Labute approximate surface area is 118 Å². The van der Waals surface area contributed by atoms with Gasteiger partial charge in [0.25, 0.3) is 5.91 Å². The molecule has 0 saturated heterocycles. The maximum Gasteiger partial charge on any atom is 0.268 e. The number of aromatic nitrogens is 1. The van der Waals surface area contributed by atoms with Gasteiger partial charge in [0.2, 0.25) is 0 Å². The number of amides is 1. The molecule has 0 aliphatic rings. The zero-order valence-corrected chi connectivity index (χ0v) is 11.9. The van der Waals surface area contributed by atoms with Crippen molar-refractivity contribution in [2.24, 2.45) is 7.05 Å². The molecule has 0 bridgehead atoms. The van der Waals surface area contributed by atoms with Crippen molar-refractivity contribution in [1.29, 1.82) is 0 Å². The molecule has 0 radical (unpaired) electrons. The monoisotopic (exact) mass is 270 g/mol. The second-order valence-corrected chi connectivity index (χ2v) is 4.95. The third-order valence-corrected chi connectivity index (χ3v) is 3.22. The summed E-state index contributed by atoms with van der Waals surface area (Å²) in [5, 5.41) is 2.86. The Balaban J connectivity index is 2.05. The summed E-state index contributed by atoms with van der Waals surface area (Å²) in [5.74, 6) is -0.223. The van der Waals surface area contributed by atoms with Crippen molar-refractivity contribution in [2.45, 2.75) is 20.4 Å². The molecule has 0 saturated carbocycles. The predicted octanol–water partition coefficient (Wildman–Crippen LogP) is 2.47. The van der Waals surface area contributed by atoms with Crippen LogP contribution in [-0.4, -0.2) is 16.3 Å². The van der Waals surface area contributed by atoms with Crippen LogP contribution in [-0.2, 0) is 13.6 Å². The third kappa shape index (κ3) is 3.15. The minimum absolute atomic E-state index is 0.0433. The maximum atomic E-state index is 12.1. The molecule has 1 aromatic heterocycles. The molecule has 20 heavy (non-hydrogen) atoms. The number of carbonyl (C=O) groups is 2. The number of hydrogen-bond acceptors (Lipinski definition) is 2. The first-order valence-corrected chi connectivity index (χ1v) is 6.48. The van der Waals surface area contributed by atoms with Gasteiger partial charge in [0.1, 0.15) is 5.69 Å². The van der Waals surface area contributed by atoms with Crippen LogP contribution in [0.2, 0.25) is 0 Å². The van der Waals surface area contributed by atoms with Gasteiger partial charge in [-0.1, -0.05) is 29.8 Å². The van der Waals surface area contributed by atoms with Crippen LogP contribution in [0.25, 0.3) is 0 Å². The van der Waals surface area contributed by atoms with Crippen LogP contribution in [0, 0.1) is 6.92 Å². The second kappa shape index (κ2) is 5.74. The lowest BCUT2D eigenvalue weighted by Gasteiger charge is -2.06. The van der Waals surface area contributed by atoms with Gasteiger partial charge in [0.15, 0.2) is 5.78 Å². The number of Topliss-reactive ketones (excluding diaryl/α,β-unsaturated/α-hetero) is 1. The van der Waals surface area contributed by atoms with E-state index in [2.05, 4.69) is 5.32 Å². The summed E-state index contributed by atoms with van der Waals surface area (Å²) in [5.41, 5.74) is 3.27. The van der Waals surface area contributed by atoms with E-state index in [1.807, 2.05) is 31.2 Å². The molecule has 4 nitrogen and oxygen atoms in total. The molecule has 0 aliphatic heterocycles. The summed E-state index contributed by atoms with van der Waals surface area (Å²) < 4.78 is 1.67. The first-order valence-electron chi connectivity index (χ1n) is 6.48. The number of benzene rings is 1. The summed E-state index contributed by atoms with van der Waals surface area (Å²) in [6.07, 6.45) is 1.67. The maximum absolute atomic E-state index is 12.1. The molecule has 1 amide bonds. The molecule has 1 heterocycles. The predicted molar refractivity (Wildman–Crippen MR) is 77.8 cm³/mol. The van der Waals surface area contributed by atoms with Crippen LogP contribution < -0.4 is 5.32 Å². The van der Waals surface area contributed by atoms with E-state index < -0.39 is 0 Å². The molecule has 0 fully saturated rings. The average molecular weight is 270 g/mol. The third-order valence-electron chi connectivity index (χ3n) is 3.22. The molecule has 104 valence electrons. The fourth-order valence-corrected chi connectivity index (χ4v) is 1.96. The van der Waals surface area contributed by atoms with Crippen LogP contribution in [0.1, 0.15) is 38.9 Å². The summed E-state index contributed by atoms with van der Waals surface area (Å²) in [7, 11) is 1.76. The van der Waals surface area contributed by atoms with Crippen LogP contribution >= 0.6 is 0 Å². The zero-order chi connectivity index (χ0) is 14.7. The van der Waals surface area contributed by atoms with Gasteiger partial charge in [0.05, 0.1) is 0 Å². The van der Waals surface area contributed by atoms with Crippen molar-refractivity contribution in [3.05, 3.63) is 58.9 Å². The number of rotatable bonds is 4. The lowest BCUT2D eigenvalue weighted by molar-refractivity contribution is 0.0942. The smallest absolute Gasteiger partial charge is 0.268 e. The normalized spacial score (nSPS) is 10.3. The van der Waals surface area contributed by atoms with Crippen LogP contribution in [0.15, 0.2) is 36.5 Å². The lowest BCUT2D eigenvalue weighted by Crippen LogP contribution is -2.24. The van der Waals surface area contributed by atoms with E-state index >= 15 is 0 Å². The molecule has 0 aliphatic carbocycles. The van der Waals surface area contributed by atoms with Crippen molar-refractivity contribution >= 4 is 11.7 Å². The van der Waals surface area contributed by atoms with Gasteiger partial charge < -0.3 is 9.88 Å². The number of carbonyl (C=O) groups excluding carboxylic acids is 2. The van der Waals surface area contributed by atoms with Gasteiger partial charge in [-0.25, -0.2) is 0 Å². The quantitative estimate of drug-likeness (QED) is 0.868. The van der Waals surface area contributed by atoms with Crippen LogP contribution in [0.3, 0.4) is 0 Å². The molecule has 0 spiro atoms. The molecule has 4 heteroatoms. The summed E-state index contributed by atoms with van der Waals surface area (Å²) in [6.45, 7) is 3.98. The van der Waals surface area contributed by atoms with Gasteiger partial charge >= 0.3 is 0 Å². The van der Waals surface area contributed by atoms with Crippen molar-refractivity contribution in [1.82, 2.24) is 9.88 Å². The number of aryl methyl sites for hydroxylation is 2. The highest BCUT2D eigenvalue weighted by atomic mass is 16.2. The van der Waals surface area contributed by atoms with E-state index in [0.717, 1.165) is 5.56 Å². The van der Waals surface area contributed by atoms with E-state index in [0.29, 0.717) is 17.8 Å². The van der Waals surface area contributed by atoms with Gasteiger partial charge in [-0.2, -0.15) is 0 Å². The van der Waals surface area contributed by atoms with Gasteiger partial charge in [-0.05, 0) is 25.5 Å². The van der Waals surface area contributed by atoms with Crippen molar-refractivity contribution < 1.29 is 9.59 Å². The highest BCUT2D eigenvalue weighted by molar-refractivity contribution is 5.99. The molecular weight excluding hydrogens is 252 g/mol. The van der Waals surface area contributed by atoms with E-state index in [4.69, 9.17) is 0 Å². The Bertz CT molecular complexity index is 639. The van der Waals surface area contributed by atoms with E-state index in [1.165, 1.54) is 12.5 Å². The van der Waals surface area contributed by atoms with E-state index in [-0.39, 0.29) is 11.7 Å². The standard InChI is InChI=1S/C16H18N2O2/c1-11-4-6-13(7-5-11)9-17-16(20)15-8-14(12(2)19)10-18(15)3/h4-8,10H,9H2,1-3H3,(H,17,20). The SMILES string of the molecule is CC(=O)c1cc(C(=O)NCc2ccc(C)cc2)n(C)c1. The van der Waals surface area contributed by atoms with Gasteiger partial charge in [-0.3, -0.25) is 9.59 Å². The fraction of sp³-hybridized carbons (Fsp3) is 0.250. The molecule has 1 N–H and O–H groups in total. The second-order valence-electron chi connectivity index (χ2n) is 4.95. The van der Waals surface area contributed by atoms with Crippen molar-refractivity contribution in [2.75, 3.05) is 0 Å². The summed E-state index contributed by atoms with van der Waals surface area (Å²) in [4.78, 5) is 23.4. The number of hydrogen-bond donors (Lipinski definition) is 1. The first-order chi connectivity index (χ1) is 9.47. The number of ketones is 1. The minimum Gasteiger partial charge on any atom is -0.347 e. The van der Waals surface area contributed by atoms with Crippen molar-refractivity contribution in [3.8, 4) is 0 Å². The van der Waals surface area contributed by atoms with Crippen LogP contribution in [0.4, 0.5) is 0 Å². The lowest BCUT2D eigenvalue weighted by atomic mass is 10.1. The molecule has 0 unspecified atom stereocenters. The largest absolute Gasteiger partial charge is 0.347 e. The highest BCUT2D eigenvalue weighted by Crippen LogP contribution is 2.09. The van der Waals surface area contributed by atoms with E-state index in [9.17, 15) is 9.59 Å². The van der Waals surface area contributed by atoms with E-state index in [1.54, 1.807) is 23.9 Å². The topological polar surface area (TPSA) is 51.1 Å². The average Bonchev–Trinajstić information content (AvgIpc) is 2.80.